The van der Waals surface area contributed by atoms with E-state index in [1.807, 2.05) is 50.3 Å². The summed E-state index contributed by atoms with van der Waals surface area (Å²) in [6.45, 7) is 5.28. The fourth-order valence-corrected chi connectivity index (χ4v) is 1.58. The highest BCUT2D eigenvalue weighted by atomic mass is 16.5. The van der Waals surface area contributed by atoms with Crippen molar-refractivity contribution in [3.05, 3.63) is 42.0 Å². The maximum Gasteiger partial charge on any atom is 0.224 e. The van der Waals surface area contributed by atoms with Gasteiger partial charge in [0.15, 0.2) is 0 Å². The van der Waals surface area contributed by atoms with Crippen LogP contribution >= 0.6 is 0 Å². The van der Waals surface area contributed by atoms with E-state index in [2.05, 4.69) is 5.32 Å². The fraction of sp³-hybridized carbons (Fsp3) is 0.400. The van der Waals surface area contributed by atoms with E-state index in [4.69, 9.17) is 4.74 Å². The Bertz CT molecular complexity index is 382. The lowest BCUT2D eigenvalue weighted by Crippen LogP contribution is -2.25. The summed E-state index contributed by atoms with van der Waals surface area (Å²) in [6, 6.07) is 7.64. The monoisotopic (exact) mass is 247 g/mol. The van der Waals surface area contributed by atoms with Gasteiger partial charge in [-0.25, -0.2) is 0 Å². The van der Waals surface area contributed by atoms with Gasteiger partial charge in [-0.3, -0.25) is 4.79 Å². The molecule has 98 valence electrons. The van der Waals surface area contributed by atoms with Crippen LogP contribution in [0.25, 0.3) is 0 Å². The quantitative estimate of drug-likeness (QED) is 0.594. The third-order valence-corrected chi connectivity index (χ3v) is 2.47. The zero-order valence-corrected chi connectivity index (χ0v) is 11.1. The Morgan fingerprint density at radius 3 is 2.67 bits per heavy atom. The lowest BCUT2D eigenvalue weighted by atomic mass is 10.1. The van der Waals surface area contributed by atoms with E-state index in [1.54, 1.807) is 0 Å². The van der Waals surface area contributed by atoms with Gasteiger partial charge < -0.3 is 10.1 Å². The second-order valence-corrected chi connectivity index (χ2v) is 3.96. The number of hydrogen-bond acceptors (Lipinski definition) is 2. The van der Waals surface area contributed by atoms with Crippen molar-refractivity contribution in [3.8, 4) is 5.75 Å². The molecule has 0 bridgehead atoms. The van der Waals surface area contributed by atoms with Gasteiger partial charge in [0, 0.05) is 6.54 Å². The molecule has 0 heterocycles. The molecule has 0 spiro atoms. The largest absolute Gasteiger partial charge is 0.494 e. The van der Waals surface area contributed by atoms with Gasteiger partial charge in [0.2, 0.25) is 5.91 Å². The van der Waals surface area contributed by atoms with Crippen molar-refractivity contribution in [2.45, 2.75) is 26.7 Å². The first-order chi connectivity index (χ1) is 8.76. The number of nitrogens with one attached hydrogen (secondary N) is 1. The summed E-state index contributed by atoms with van der Waals surface area (Å²) in [6.07, 6.45) is 5.32. The summed E-state index contributed by atoms with van der Waals surface area (Å²) in [5.41, 5.74) is 1.00. The van der Waals surface area contributed by atoms with E-state index in [0.717, 1.165) is 17.7 Å². The molecule has 0 radical (unpaired) electrons. The van der Waals surface area contributed by atoms with Gasteiger partial charge in [-0.05, 0) is 38.0 Å². The lowest BCUT2D eigenvalue weighted by molar-refractivity contribution is -0.120. The maximum absolute atomic E-state index is 11.6. The minimum Gasteiger partial charge on any atom is -0.494 e. The van der Waals surface area contributed by atoms with E-state index >= 15 is 0 Å². The fourth-order valence-electron chi connectivity index (χ4n) is 1.58. The molecule has 1 aromatic carbocycles. The topological polar surface area (TPSA) is 38.3 Å². The van der Waals surface area contributed by atoms with Gasteiger partial charge in [0.25, 0.3) is 0 Å². The van der Waals surface area contributed by atoms with Crippen LogP contribution in [0, 0.1) is 0 Å². The molecule has 0 aromatic heterocycles. The highest BCUT2D eigenvalue weighted by Crippen LogP contribution is 2.12. The Labute approximate surface area is 109 Å². The molecular formula is C15H21NO2. The van der Waals surface area contributed by atoms with Crippen molar-refractivity contribution in [1.82, 2.24) is 5.32 Å². The number of amides is 1. The van der Waals surface area contributed by atoms with Crippen LogP contribution in [-0.4, -0.2) is 19.1 Å². The summed E-state index contributed by atoms with van der Waals surface area (Å²) in [4.78, 5) is 11.6. The van der Waals surface area contributed by atoms with E-state index < -0.39 is 0 Å². The zero-order chi connectivity index (χ0) is 13.2. The molecule has 0 saturated heterocycles. The predicted octanol–water partition coefficient (Wildman–Crippen LogP) is 2.71. The van der Waals surface area contributed by atoms with Crippen molar-refractivity contribution in [1.29, 1.82) is 0 Å². The smallest absolute Gasteiger partial charge is 0.224 e. The Morgan fingerprint density at radius 1 is 1.33 bits per heavy atom. The molecule has 1 N–H and O–H groups in total. The van der Waals surface area contributed by atoms with Crippen molar-refractivity contribution < 1.29 is 9.53 Å². The summed E-state index contributed by atoms with van der Waals surface area (Å²) in [7, 11) is 0. The van der Waals surface area contributed by atoms with Gasteiger partial charge >= 0.3 is 0 Å². The number of rotatable bonds is 7. The molecule has 0 aliphatic carbocycles. The summed E-state index contributed by atoms with van der Waals surface area (Å²) < 4.78 is 5.35. The molecule has 1 rings (SSSR count). The second kappa shape index (κ2) is 8.34. The van der Waals surface area contributed by atoms with Crippen LogP contribution < -0.4 is 10.1 Å². The third-order valence-electron chi connectivity index (χ3n) is 2.47. The second-order valence-electron chi connectivity index (χ2n) is 3.96. The van der Waals surface area contributed by atoms with E-state index in [9.17, 15) is 4.79 Å². The molecule has 3 heteroatoms. The molecule has 3 nitrogen and oxygen atoms in total. The number of carbonyl (C=O) groups excluding carboxylic acids is 1. The predicted molar refractivity (Wildman–Crippen MR) is 73.8 cm³/mol. The SMILES string of the molecule is C/C=C/CCNC(=O)Cc1ccc(OCC)cc1. The molecule has 1 aromatic rings. The third kappa shape index (κ3) is 5.53. The van der Waals surface area contributed by atoms with E-state index in [-0.39, 0.29) is 5.91 Å². The number of hydrogen-bond donors (Lipinski definition) is 1. The van der Waals surface area contributed by atoms with Gasteiger partial charge in [0.1, 0.15) is 5.75 Å². The first-order valence-electron chi connectivity index (χ1n) is 6.35. The molecule has 0 fully saturated rings. The van der Waals surface area contributed by atoms with Gasteiger partial charge in [-0.2, -0.15) is 0 Å². The molecule has 0 aliphatic heterocycles. The minimum atomic E-state index is 0.0589. The standard InChI is InChI=1S/C15H21NO2/c1-3-5-6-11-16-15(17)12-13-7-9-14(10-8-13)18-4-2/h3,5,7-10H,4,6,11-12H2,1-2H3,(H,16,17)/b5-3+. The Balaban J connectivity index is 2.34. The molecule has 1 amide bonds. The zero-order valence-electron chi connectivity index (χ0n) is 11.1. The van der Waals surface area contributed by atoms with Crippen LogP contribution in [0.5, 0.6) is 5.75 Å². The molecule has 0 aliphatic rings. The summed E-state index contributed by atoms with van der Waals surface area (Å²) in [5.74, 6) is 0.901. The van der Waals surface area contributed by atoms with Gasteiger partial charge in [-0.15, -0.1) is 0 Å². The van der Waals surface area contributed by atoms with Crippen LogP contribution in [-0.2, 0) is 11.2 Å². The van der Waals surface area contributed by atoms with Crippen molar-refractivity contribution in [2.24, 2.45) is 0 Å². The molecular weight excluding hydrogens is 226 g/mol. The van der Waals surface area contributed by atoms with Gasteiger partial charge in [0.05, 0.1) is 13.0 Å². The first-order valence-corrected chi connectivity index (χ1v) is 6.35. The molecule has 0 saturated carbocycles. The molecule has 0 unspecified atom stereocenters. The number of benzene rings is 1. The van der Waals surface area contributed by atoms with Crippen LogP contribution in [0.2, 0.25) is 0 Å². The van der Waals surface area contributed by atoms with Crippen LogP contribution in [0.4, 0.5) is 0 Å². The van der Waals surface area contributed by atoms with Crippen molar-refractivity contribution in [3.63, 3.8) is 0 Å². The maximum atomic E-state index is 11.6. The molecule has 18 heavy (non-hydrogen) atoms. The number of ether oxygens (including phenoxy) is 1. The Morgan fingerprint density at radius 2 is 2.06 bits per heavy atom. The minimum absolute atomic E-state index is 0.0589. The highest BCUT2D eigenvalue weighted by molar-refractivity contribution is 5.78. The number of carbonyl (C=O) groups is 1. The number of allylic oxidation sites excluding steroid dienone is 1. The highest BCUT2D eigenvalue weighted by Gasteiger charge is 2.02. The summed E-state index contributed by atoms with van der Waals surface area (Å²) in [5, 5.41) is 2.88. The summed E-state index contributed by atoms with van der Waals surface area (Å²) >= 11 is 0. The first kappa shape index (κ1) is 14.3. The molecule has 0 atom stereocenters. The van der Waals surface area contributed by atoms with Crippen LogP contribution in [0.15, 0.2) is 36.4 Å². The van der Waals surface area contributed by atoms with Crippen molar-refractivity contribution >= 4 is 5.91 Å². The lowest BCUT2D eigenvalue weighted by Gasteiger charge is -2.06. The Kier molecular flexibility index (Phi) is 6.62. The average Bonchev–Trinajstić information content (AvgIpc) is 2.37. The van der Waals surface area contributed by atoms with E-state index in [1.165, 1.54) is 0 Å². The van der Waals surface area contributed by atoms with Crippen molar-refractivity contribution in [2.75, 3.05) is 13.2 Å². The van der Waals surface area contributed by atoms with Crippen LogP contribution in [0.1, 0.15) is 25.8 Å². The Hall–Kier alpha value is -1.77. The van der Waals surface area contributed by atoms with Gasteiger partial charge in [-0.1, -0.05) is 24.3 Å². The average molecular weight is 247 g/mol. The van der Waals surface area contributed by atoms with Crippen LogP contribution in [0.3, 0.4) is 0 Å². The normalized spacial score (nSPS) is 10.6. The van der Waals surface area contributed by atoms with E-state index in [0.29, 0.717) is 19.6 Å².